The fourth-order valence-electron chi connectivity index (χ4n) is 5.86. The molecule has 4 aromatic rings. The van der Waals surface area contributed by atoms with Gasteiger partial charge in [0.05, 0.1) is 0 Å². The number of aryl methyl sites for hydroxylation is 8. The lowest BCUT2D eigenvalue weighted by molar-refractivity contribution is 1.32. The van der Waals surface area contributed by atoms with Crippen LogP contribution in [0.15, 0.2) is 60.9 Å². The van der Waals surface area contributed by atoms with Crippen LogP contribution in [0.3, 0.4) is 0 Å². The van der Waals surface area contributed by atoms with Crippen LogP contribution in [0, 0.1) is 55.4 Å². The molecule has 1 nitrogen and oxygen atoms in total. The zero-order valence-electron chi connectivity index (χ0n) is 21.3. The Morgan fingerprint density at radius 2 is 0.909 bits per heavy atom. The minimum absolute atomic E-state index is 0.203. The first-order valence-corrected chi connectivity index (χ1v) is 11.8. The zero-order valence-corrected chi connectivity index (χ0v) is 21.3. The minimum Gasteiger partial charge on any atom is -0.264 e. The molecular weight excluding hydrogens is 397 g/mol. The molecule has 1 aromatic heterocycles. The SMILES string of the molecule is Cc1cc(C)c(B(c2c(C)cc(C)cc2C)c2c(C)cc(-c3cccnc3)cc2C)c(C)c1. The monoisotopic (exact) mass is 431 g/mol. The quantitative estimate of drug-likeness (QED) is 0.376. The summed E-state index contributed by atoms with van der Waals surface area (Å²) >= 11 is 0. The van der Waals surface area contributed by atoms with Crippen LogP contribution >= 0.6 is 0 Å². The molecule has 0 radical (unpaired) electrons. The summed E-state index contributed by atoms with van der Waals surface area (Å²) in [6.45, 7) is 18.2. The van der Waals surface area contributed by atoms with Gasteiger partial charge in [0.1, 0.15) is 0 Å². The van der Waals surface area contributed by atoms with E-state index >= 15 is 0 Å². The summed E-state index contributed by atoms with van der Waals surface area (Å²) in [6, 6.07) is 18.2. The third-order valence-electron chi connectivity index (χ3n) is 6.93. The van der Waals surface area contributed by atoms with Crippen molar-refractivity contribution in [3.8, 4) is 11.1 Å². The van der Waals surface area contributed by atoms with Gasteiger partial charge < -0.3 is 0 Å². The summed E-state index contributed by atoms with van der Waals surface area (Å²) in [7, 11) is 0. The summed E-state index contributed by atoms with van der Waals surface area (Å²) < 4.78 is 0. The van der Waals surface area contributed by atoms with Crippen molar-refractivity contribution in [3.63, 3.8) is 0 Å². The van der Waals surface area contributed by atoms with Crippen molar-refractivity contribution in [2.24, 2.45) is 0 Å². The van der Waals surface area contributed by atoms with E-state index in [4.69, 9.17) is 0 Å². The van der Waals surface area contributed by atoms with Crippen LogP contribution in [-0.4, -0.2) is 11.7 Å². The molecular formula is C31H34BN. The van der Waals surface area contributed by atoms with Crippen molar-refractivity contribution in [2.75, 3.05) is 0 Å². The van der Waals surface area contributed by atoms with Crippen molar-refractivity contribution in [2.45, 2.75) is 55.4 Å². The minimum atomic E-state index is 0.203. The highest BCUT2D eigenvalue weighted by molar-refractivity contribution is 6.97. The van der Waals surface area contributed by atoms with Crippen LogP contribution in [0.2, 0.25) is 0 Å². The van der Waals surface area contributed by atoms with Crippen LogP contribution in [0.5, 0.6) is 0 Å². The van der Waals surface area contributed by atoms with Crippen molar-refractivity contribution in [3.05, 3.63) is 105 Å². The van der Waals surface area contributed by atoms with Gasteiger partial charge in [-0.2, -0.15) is 0 Å². The van der Waals surface area contributed by atoms with Gasteiger partial charge in [-0.15, -0.1) is 0 Å². The largest absolute Gasteiger partial charge is 0.264 e. The molecule has 0 unspecified atom stereocenters. The molecule has 4 rings (SSSR count). The number of nitrogens with zero attached hydrogens (tertiary/aromatic N) is 1. The number of aromatic nitrogens is 1. The molecule has 0 bridgehead atoms. The van der Waals surface area contributed by atoms with Gasteiger partial charge in [-0.1, -0.05) is 103 Å². The summed E-state index contributed by atoms with van der Waals surface area (Å²) in [5.74, 6) is 0. The van der Waals surface area contributed by atoms with Gasteiger partial charge in [0.2, 0.25) is 6.71 Å². The van der Waals surface area contributed by atoms with E-state index < -0.39 is 0 Å². The average Bonchev–Trinajstić information content (AvgIpc) is 2.72. The normalized spacial score (nSPS) is 11.0. The Kier molecular flexibility index (Phi) is 6.30. The van der Waals surface area contributed by atoms with E-state index in [1.165, 1.54) is 66.5 Å². The highest BCUT2D eigenvalue weighted by Crippen LogP contribution is 2.22. The zero-order chi connectivity index (χ0) is 23.9. The molecule has 0 atom stereocenters. The van der Waals surface area contributed by atoms with Crippen LogP contribution in [-0.2, 0) is 0 Å². The lowest BCUT2D eigenvalue weighted by Gasteiger charge is -2.27. The highest BCUT2D eigenvalue weighted by atomic mass is 14.6. The van der Waals surface area contributed by atoms with Crippen molar-refractivity contribution >= 4 is 23.1 Å². The second kappa shape index (κ2) is 9.02. The average molecular weight is 431 g/mol. The number of hydrogen-bond acceptors (Lipinski definition) is 1. The molecule has 0 amide bonds. The Labute approximate surface area is 200 Å². The maximum Gasteiger partial charge on any atom is 0.243 e. The van der Waals surface area contributed by atoms with E-state index in [0.29, 0.717) is 0 Å². The van der Waals surface area contributed by atoms with Crippen LogP contribution in [0.25, 0.3) is 11.1 Å². The molecule has 2 heteroatoms. The van der Waals surface area contributed by atoms with Crippen molar-refractivity contribution < 1.29 is 0 Å². The first kappa shape index (κ1) is 23.0. The van der Waals surface area contributed by atoms with E-state index in [9.17, 15) is 0 Å². The van der Waals surface area contributed by atoms with Gasteiger partial charge in [0, 0.05) is 18.0 Å². The molecule has 0 aliphatic heterocycles. The molecule has 1 heterocycles. The predicted octanol–water partition coefficient (Wildman–Crippen LogP) is 5.73. The number of pyridine rings is 1. The second-order valence-corrected chi connectivity index (χ2v) is 9.82. The Morgan fingerprint density at radius 1 is 0.515 bits per heavy atom. The third kappa shape index (κ3) is 4.40. The molecule has 0 N–H and O–H groups in total. The lowest BCUT2D eigenvalue weighted by Crippen LogP contribution is -2.57. The summed E-state index contributed by atoms with van der Waals surface area (Å²) in [5, 5.41) is 0. The predicted molar refractivity (Wildman–Crippen MR) is 145 cm³/mol. The molecule has 166 valence electrons. The van der Waals surface area contributed by atoms with E-state index in [0.717, 1.165) is 5.56 Å². The van der Waals surface area contributed by atoms with Crippen LogP contribution in [0.1, 0.15) is 44.5 Å². The van der Waals surface area contributed by atoms with Gasteiger partial charge in [0.25, 0.3) is 0 Å². The maximum absolute atomic E-state index is 4.34. The number of rotatable bonds is 4. The highest BCUT2D eigenvalue weighted by Gasteiger charge is 2.31. The topological polar surface area (TPSA) is 12.9 Å². The first-order chi connectivity index (χ1) is 15.7. The molecule has 0 spiro atoms. The third-order valence-corrected chi connectivity index (χ3v) is 6.93. The fraction of sp³-hybridized carbons (Fsp3) is 0.258. The van der Waals surface area contributed by atoms with E-state index in [1.54, 1.807) is 0 Å². The number of benzene rings is 3. The molecule has 0 aliphatic rings. The Bertz CT molecular complexity index is 1210. The standard InChI is InChI=1S/C31H34BN/c1-19-12-21(3)29(22(4)13-19)32(30-23(5)14-20(2)15-24(30)6)31-25(7)16-28(17-26(31)8)27-10-9-11-33-18-27/h9-18H,1-8H3. The molecule has 0 fully saturated rings. The van der Waals surface area contributed by atoms with E-state index in [1.807, 2.05) is 18.5 Å². The Hall–Kier alpha value is -3.13. The first-order valence-electron chi connectivity index (χ1n) is 11.8. The van der Waals surface area contributed by atoms with Gasteiger partial charge in [-0.25, -0.2) is 0 Å². The molecule has 3 aromatic carbocycles. The van der Waals surface area contributed by atoms with Gasteiger partial charge >= 0.3 is 0 Å². The lowest BCUT2D eigenvalue weighted by atomic mass is 9.33. The molecule has 0 saturated heterocycles. The van der Waals surface area contributed by atoms with E-state index in [2.05, 4.69) is 103 Å². The Morgan fingerprint density at radius 3 is 1.27 bits per heavy atom. The van der Waals surface area contributed by atoms with Crippen LogP contribution in [0.4, 0.5) is 0 Å². The van der Waals surface area contributed by atoms with Crippen LogP contribution < -0.4 is 16.4 Å². The van der Waals surface area contributed by atoms with Crippen molar-refractivity contribution in [1.82, 2.24) is 4.98 Å². The summed E-state index contributed by atoms with van der Waals surface area (Å²) in [5.41, 5.74) is 17.5. The van der Waals surface area contributed by atoms with Gasteiger partial charge in [-0.05, 0) is 67.0 Å². The van der Waals surface area contributed by atoms with Crippen molar-refractivity contribution in [1.29, 1.82) is 0 Å². The fourth-order valence-corrected chi connectivity index (χ4v) is 5.86. The summed E-state index contributed by atoms with van der Waals surface area (Å²) in [6.07, 6.45) is 3.79. The molecule has 33 heavy (non-hydrogen) atoms. The van der Waals surface area contributed by atoms with Gasteiger partial charge in [0.15, 0.2) is 0 Å². The molecule has 0 aliphatic carbocycles. The van der Waals surface area contributed by atoms with Gasteiger partial charge in [-0.3, -0.25) is 4.98 Å². The summed E-state index contributed by atoms with van der Waals surface area (Å²) in [4.78, 5) is 4.34. The molecule has 0 saturated carbocycles. The number of hydrogen-bond donors (Lipinski definition) is 0. The second-order valence-electron chi connectivity index (χ2n) is 9.82. The smallest absolute Gasteiger partial charge is 0.243 e. The maximum atomic E-state index is 4.34. The Balaban J connectivity index is 2.04. The van der Waals surface area contributed by atoms with E-state index in [-0.39, 0.29) is 6.71 Å².